The molecule has 2 heterocycles. The molecule has 4 heteroatoms. The molecule has 0 N–H and O–H groups in total. The molecule has 0 fully saturated rings. The van der Waals surface area contributed by atoms with E-state index in [9.17, 15) is 5.26 Å². The highest BCUT2D eigenvalue weighted by atomic mass is 16.3. The van der Waals surface area contributed by atoms with Crippen LogP contribution in [0.1, 0.15) is 11.3 Å². The van der Waals surface area contributed by atoms with Crippen LogP contribution in [0.3, 0.4) is 0 Å². The summed E-state index contributed by atoms with van der Waals surface area (Å²) in [6.45, 7) is 1.90. The van der Waals surface area contributed by atoms with Crippen LogP contribution >= 0.6 is 0 Å². The van der Waals surface area contributed by atoms with Crippen molar-refractivity contribution >= 4 is 5.82 Å². The highest BCUT2D eigenvalue weighted by molar-refractivity contribution is 5.73. The molecule has 0 aliphatic heterocycles. The third-order valence-electron chi connectivity index (χ3n) is 2.45. The van der Waals surface area contributed by atoms with E-state index in [1.807, 2.05) is 44.1 Å². The predicted molar refractivity (Wildman–Crippen MR) is 65.7 cm³/mol. The number of aromatic nitrogens is 1. The summed E-state index contributed by atoms with van der Waals surface area (Å²) >= 11 is 0. The van der Waals surface area contributed by atoms with Crippen molar-refractivity contribution in [2.45, 2.75) is 6.92 Å². The van der Waals surface area contributed by atoms with Crippen LogP contribution in [0.2, 0.25) is 0 Å². The lowest BCUT2D eigenvalue weighted by atomic mass is 10.1. The van der Waals surface area contributed by atoms with E-state index in [-0.39, 0.29) is 0 Å². The maximum Gasteiger partial charge on any atom is 0.147 e. The number of pyridine rings is 1. The number of anilines is 1. The summed E-state index contributed by atoms with van der Waals surface area (Å²) in [4.78, 5) is 6.21. The average Bonchev–Trinajstić information content (AvgIpc) is 2.81. The Bertz CT molecular complexity index is 565. The van der Waals surface area contributed by atoms with Crippen LogP contribution < -0.4 is 4.90 Å². The summed E-state index contributed by atoms with van der Waals surface area (Å²) in [6.07, 6.45) is 1.60. The van der Waals surface area contributed by atoms with Crippen molar-refractivity contribution in [1.82, 2.24) is 4.98 Å². The van der Waals surface area contributed by atoms with E-state index in [1.165, 1.54) is 0 Å². The Morgan fingerprint density at radius 3 is 2.71 bits per heavy atom. The summed E-state index contributed by atoms with van der Waals surface area (Å²) < 4.78 is 5.35. The smallest absolute Gasteiger partial charge is 0.147 e. The van der Waals surface area contributed by atoms with E-state index in [4.69, 9.17) is 4.42 Å². The van der Waals surface area contributed by atoms with Gasteiger partial charge in [0, 0.05) is 25.4 Å². The highest BCUT2D eigenvalue weighted by Gasteiger charge is 2.15. The molecule has 0 unspecified atom stereocenters. The van der Waals surface area contributed by atoms with Gasteiger partial charge in [0.05, 0.1) is 6.26 Å². The lowest BCUT2D eigenvalue weighted by Gasteiger charge is -2.15. The summed E-state index contributed by atoms with van der Waals surface area (Å²) in [6, 6.07) is 7.71. The van der Waals surface area contributed by atoms with E-state index in [0.29, 0.717) is 17.1 Å². The van der Waals surface area contributed by atoms with Gasteiger partial charge >= 0.3 is 0 Å². The average molecular weight is 227 g/mol. The number of aryl methyl sites for hydroxylation is 1. The number of hydrogen-bond donors (Lipinski definition) is 0. The predicted octanol–water partition coefficient (Wildman–Crippen LogP) is 2.59. The number of rotatable bonds is 2. The van der Waals surface area contributed by atoms with E-state index in [1.54, 1.807) is 6.26 Å². The van der Waals surface area contributed by atoms with Crippen molar-refractivity contribution in [2.24, 2.45) is 0 Å². The van der Waals surface area contributed by atoms with Crippen LogP contribution in [0.4, 0.5) is 5.82 Å². The monoisotopic (exact) mass is 227 g/mol. The molecule has 0 aliphatic carbocycles. The molecule has 0 bridgehead atoms. The van der Waals surface area contributed by atoms with Gasteiger partial charge in [0.25, 0.3) is 0 Å². The molecular weight excluding hydrogens is 214 g/mol. The van der Waals surface area contributed by atoms with Crippen molar-refractivity contribution in [2.75, 3.05) is 19.0 Å². The van der Waals surface area contributed by atoms with Gasteiger partial charge in [-0.15, -0.1) is 0 Å². The van der Waals surface area contributed by atoms with Crippen LogP contribution in [0, 0.1) is 18.3 Å². The largest absolute Gasteiger partial charge is 0.464 e. The Morgan fingerprint density at radius 1 is 1.41 bits per heavy atom. The van der Waals surface area contributed by atoms with Gasteiger partial charge in [-0.2, -0.15) is 5.26 Å². The Labute approximate surface area is 100 Å². The van der Waals surface area contributed by atoms with Gasteiger partial charge in [-0.25, -0.2) is 4.98 Å². The van der Waals surface area contributed by atoms with Gasteiger partial charge in [0.15, 0.2) is 0 Å². The second-order valence-corrected chi connectivity index (χ2v) is 3.99. The van der Waals surface area contributed by atoms with Gasteiger partial charge in [0.1, 0.15) is 23.2 Å². The quantitative estimate of drug-likeness (QED) is 0.791. The summed E-state index contributed by atoms with van der Waals surface area (Å²) in [5.41, 5.74) is 2.18. The lowest BCUT2D eigenvalue weighted by Crippen LogP contribution is -2.13. The van der Waals surface area contributed by atoms with Crippen molar-refractivity contribution in [3.05, 3.63) is 35.7 Å². The summed E-state index contributed by atoms with van der Waals surface area (Å²) in [5, 5.41) is 9.28. The SMILES string of the molecule is Cc1cc(-c2ccco2)c(C#N)c(N(C)C)n1. The molecule has 0 amide bonds. The van der Waals surface area contributed by atoms with Gasteiger partial charge < -0.3 is 9.32 Å². The fraction of sp³-hybridized carbons (Fsp3) is 0.231. The fourth-order valence-corrected chi connectivity index (χ4v) is 1.72. The maximum atomic E-state index is 9.28. The Morgan fingerprint density at radius 2 is 2.18 bits per heavy atom. The molecule has 0 aliphatic rings. The standard InChI is InChI=1S/C13H13N3O/c1-9-7-10(12-5-4-6-17-12)11(8-14)13(15-9)16(2)3/h4-7H,1-3H3. The zero-order chi connectivity index (χ0) is 12.4. The molecule has 0 saturated carbocycles. The maximum absolute atomic E-state index is 9.28. The lowest BCUT2D eigenvalue weighted by molar-refractivity contribution is 0.582. The molecule has 17 heavy (non-hydrogen) atoms. The molecule has 2 aromatic rings. The summed E-state index contributed by atoms with van der Waals surface area (Å²) in [5.74, 6) is 1.36. The molecule has 0 aromatic carbocycles. The van der Waals surface area contributed by atoms with Crippen LogP contribution in [0.15, 0.2) is 28.9 Å². The van der Waals surface area contributed by atoms with Crippen LogP contribution in [-0.4, -0.2) is 19.1 Å². The Kier molecular flexibility index (Phi) is 2.84. The van der Waals surface area contributed by atoms with Crippen LogP contribution in [-0.2, 0) is 0 Å². The number of nitrogens with zero attached hydrogens (tertiary/aromatic N) is 3. The van der Waals surface area contributed by atoms with E-state index in [2.05, 4.69) is 11.1 Å². The molecule has 2 rings (SSSR count). The first-order chi connectivity index (χ1) is 8.13. The molecule has 86 valence electrons. The van der Waals surface area contributed by atoms with Gasteiger partial charge in [0.2, 0.25) is 0 Å². The van der Waals surface area contributed by atoms with Gasteiger partial charge in [-0.3, -0.25) is 0 Å². The first-order valence-electron chi connectivity index (χ1n) is 5.26. The third kappa shape index (κ3) is 2.00. The van der Waals surface area contributed by atoms with Crippen molar-refractivity contribution in [3.63, 3.8) is 0 Å². The number of furan rings is 1. The topological polar surface area (TPSA) is 53.1 Å². The van der Waals surface area contributed by atoms with E-state index < -0.39 is 0 Å². The number of hydrogen-bond acceptors (Lipinski definition) is 4. The van der Waals surface area contributed by atoms with Crippen molar-refractivity contribution in [3.8, 4) is 17.4 Å². The van der Waals surface area contributed by atoms with Crippen molar-refractivity contribution in [1.29, 1.82) is 5.26 Å². The minimum atomic E-state index is 0.538. The molecule has 0 spiro atoms. The van der Waals surface area contributed by atoms with E-state index in [0.717, 1.165) is 11.3 Å². The zero-order valence-electron chi connectivity index (χ0n) is 10.1. The molecule has 2 aromatic heterocycles. The summed E-state index contributed by atoms with van der Waals surface area (Å²) in [7, 11) is 3.74. The highest BCUT2D eigenvalue weighted by Crippen LogP contribution is 2.29. The molecule has 0 radical (unpaired) electrons. The van der Waals surface area contributed by atoms with Gasteiger partial charge in [-0.1, -0.05) is 0 Å². The Balaban J connectivity index is 2.71. The van der Waals surface area contributed by atoms with E-state index >= 15 is 0 Å². The normalized spacial score (nSPS) is 10.0. The third-order valence-corrected chi connectivity index (χ3v) is 2.45. The molecule has 0 atom stereocenters. The molecule has 0 saturated heterocycles. The first kappa shape index (κ1) is 11.2. The fourth-order valence-electron chi connectivity index (χ4n) is 1.72. The Hall–Kier alpha value is -2.28. The molecular formula is C13H13N3O. The number of nitriles is 1. The minimum Gasteiger partial charge on any atom is -0.464 e. The zero-order valence-corrected chi connectivity index (χ0v) is 10.1. The second kappa shape index (κ2) is 4.30. The van der Waals surface area contributed by atoms with Gasteiger partial charge in [-0.05, 0) is 25.1 Å². The van der Waals surface area contributed by atoms with Crippen LogP contribution in [0.5, 0.6) is 0 Å². The minimum absolute atomic E-state index is 0.538. The van der Waals surface area contributed by atoms with Crippen LogP contribution in [0.25, 0.3) is 11.3 Å². The second-order valence-electron chi connectivity index (χ2n) is 3.99. The molecule has 4 nitrogen and oxygen atoms in total. The van der Waals surface area contributed by atoms with Crippen molar-refractivity contribution < 1.29 is 4.42 Å². The first-order valence-corrected chi connectivity index (χ1v) is 5.26.